The number of carbonyl (C=O) groups is 1. The van der Waals surface area contributed by atoms with Gasteiger partial charge in [0.15, 0.2) is 6.61 Å². The third kappa shape index (κ3) is 5.71. The van der Waals surface area contributed by atoms with Crippen LogP contribution in [0.4, 0.5) is 18.9 Å². The van der Waals surface area contributed by atoms with Crippen LogP contribution in [0.15, 0.2) is 54.6 Å². The minimum atomic E-state index is -4.46. The van der Waals surface area contributed by atoms with Crippen LogP contribution in [0.1, 0.15) is 42.3 Å². The van der Waals surface area contributed by atoms with Crippen LogP contribution in [0, 0.1) is 0 Å². The molecule has 2 aliphatic rings. The number of carbonyl (C=O) groups excluding carboxylic acids is 1. The fraction of sp³-hybridized carbons (Fsp3) is 0.310. The minimum absolute atomic E-state index is 0. The van der Waals surface area contributed by atoms with Crippen molar-refractivity contribution in [3.8, 4) is 22.9 Å². The summed E-state index contributed by atoms with van der Waals surface area (Å²) in [4.78, 5) is 15.7. The predicted octanol–water partition coefficient (Wildman–Crippen LogP) is 1.69. The summed E-state index contributed by atoms with van der Waals surface area (Å²) in [7, 11) is 0. The standard InChI is InChI=1S/C29H26F3N3O5.Na/c1-2-25-34-27-21(6-4-8-23(27)40-15-29(30,31)32)35(25)22-7-3-5-19-20(14-39-28(19)22)33-17-9-10-18-16(11-26(36)37)13-38-24(18)12-17;/h3-10,12,16,20,33H,2,11,13-15H2,1H3,(H,36,37);/q;+1/p-1/t16-,20-;/m1./s1. The minimum Gasteiger partial charge on any atom is -0.550 e. The molecule has 0 unspecified atom stereocenters. The molecule has 2 aliphatic heterocycles. The van der Waals surface area contributed by atoms with Crippen LogP contribution < -0.4 is 54.2 Å². The van der Waals surface area contributed by atoms with Crippen molar-refractivity contribution in [2.45, 2.75) is 37.9 Å². The van der Waals surface area contributed by atoms with Gasteiger partial charge in [-0.15, -0.1) is 0 Å². The molecular formula is C29H25F3N3NaO5. The van der Waals surface area contributed by atoms with Crippen molar-refractivity contribution >= 4 is 22.7 Å². The average Bonchev–Trinajstić information content (AvgIpc) is 3.62. The molecule has 4 aromatic rings. The third-order valence-corrected chi connectivity index (χ3v) is 7.11. The first-order valence-corrected chi connectivity index (χ1v) is 12.9. The van der Waals surface area contributed by atoms with E-state index in [0.29, 0.717) is 48.0 Å². The van der Waals surface area contributed by atoms with Gasteiger partial charge in [0.25, 0.3) is 0 Å². The van der Waals surface area contributed by atoms with E-state index in [1.165, 1.54) is 6.07 Å². The van der Waals surface area contributed by atoms with E-state index < -0.39 is 18.8 Å². The molecule has 6 rings (SSSR count). The van der Waals surface area contributed by atoms with Crippen molar-refractivity contribution in [2.24, 2.45) is 0 Å². The van der Waals surface area contributed by atoms with Gasteiger partial charge in [-0.3, -0.25) is 4.57 Å². The number of nitrogens with one attached hydrogen (secondary N) is 1. The first-order chi connectivity index (χ1) is 19.2. The van der Waals surface area contributed by atoms with Crippen molar-refractivity contribution in [2.75, 3.05) is 25.1 Å². The van der Waals surface area contributed by atoms with Gasteiger partial charge in [-0.1, -0.05) is 31.2 Å². The number of carboxylic acid groups (broad SMARTS) is 1. The van der Waals surface area contributed by atoms with Crippen LogP contribution in [0.5, 0.6) is 17.2 Å². The Kier molecular flexibility index (Phi) is 8.13. The molecule has 0 saturated carbocycles. The van der Waals surface area contributed by atoms with E-state index in [0.717, 1.165) is 22.5 Å². The summed E-state index contributed by atoms with van der Waals surface area (Å²) in [6, 6.07) is 16.1. The molecule has 0 radical (unpaired) electrons. The Labute approximate surface area is 255 Å². The monoisotopic (exact) mass is 575 g/mol. The van der Waals surface area contributed by atoms with Gasteiger partial charge < -0.3 is 29.4 Å². The van der Waals surface area contributed by atoms with E-state index in [4.69, 9.17) is 14.2 Å². The number of aryl methyl sites for hydroxylation is 1. The first kappa shape index (κ1) is 29.1. The van der Waals surface area contributed by atoms with Gasteiger partial charge in [-0.2, -0.15) is 13.2 Å². The second kappa shape index (κ2) is 11.5. The summed E-state index contributed by atoms with van der Waals surface area (Å²) < 4.78 is 57.3. The first-order valence-electron chi connectivity index (χ1n) is 12.9. The van der Waals surface area contributed by atoms with Crippen LogP contribution in [-0.4, -0.2) is 41.5 Å². The Morgan fingerprint density at radius 1 is 1.12 bits per heavy atom. The van der Waals surface area contributed by atoms with Crippen LogP contribution in [0.3, 0.4) is 0 Å². The van der Waals surface area contributed by atoms with Crippen molar-refractivity contribution < 1.29 is 66.8 Å². The number of para-hydroxylation sites is 2. The number of imidazole rings is 1. The molecule has 3 aromatic carbocycles. The summed E-state index contributed by atoms with van der Waals surface area (Å²) in [5.74, 6) is 0.683. The molecule has 1 aromatic heterocycles. The SMILES string of the molecule is CCc1nc2c(OCC(F)(F)F)cccc2n1-c1cccc2c1OC[C@H]2Nc1ccc2c(c1)OC[C@H]2CC(=O)[O-].[Na+]. The van der Waals surface area contributed by atoms with Crippen LogP contribution in [-0.2, 0) is 11.2 Å². The maximum Gasteiger partial charge on any atom is 1.00 e. The van der Waals surface area contributed by atoms with E-state index in [-0.39, 0.29) is 53.7 Å². The number of hydrogen-bond donors (Lipinski definition) is 1. The predicted molar refractivity (Wildman–Crippen MR) is 138 cm³/mol. The summed E-state index contributed by atoms with van der Waals surface area (Å²) in [5.41, 5.74) is 4.26. The van der Waals surface area contributed by atoms with E-state index in [9.17, 15) is 23.1 Å². The smallest absolute Gasteiger partial charge is 0.550 e. The van der Waals surface area contributed by atoms with Crippen LogP contribution >= 0.6 is 0 Å². The number of anilines is 1. The Morgan fingerprint density at radius 2 is 1.93 bits per heavy atom. The molecule has 0 amide bonds. The Bertz CT molecular complexity index is 1610. The summed E-state index contributed by atoms with van der Waals surface area (Å²) in [6.45, 7) is 1.18. The molecular weight excluding hydrogens is 550 g/mol. The second-order valence-electron chi connectivity index (χ2n) is 9.78. The molecule has 2 atom stereocenters. The molecule has 208 valence electrons. The number of alkyl halides is 3. The molecule has 41 heavy (non-hydrogen) atoms. The molecule has 1 N–H and O–H groups in total. The van der Waals surface area contributed by atoms with Gasteiger partial charge in [0.05, 0.1) is 23.9 Å². The molecule has 12 heteroatoms. The number of halogens is 3. The van der Waals surface area contributed by atoms with Crippen molar-refractivity contribution in [1.82, 2.24) is 9.55 Å². The number of aromatic nitrogens is 2. The molecule has 8 nitrogen and oxygen atoms in total. The zero-order valence-corrected chi connectivity index (χ0v) is 24.5. The number of rotatable bonds is 8. The van der Waals surface area contributed by atoms with Gasteiger partial charge in [0.2, 0.25) is 0 Å². The second-order valence-corrected chi connectivity index (χ2v) is 9.78. The topological polar surface area (TPSA) is 97.7 Å². The Morgan fingerprint density at radius 3 is 2.68 bits per heavy atom. The van der Waals surface area contributed by atoms with Crippen molar-refractivity contribution in [3.05, 3.63) is 71.5 Å². The fourth-order valence-corrected chi connectivity index (χ4v) is 5.37. The summed E-state index contributed by atoms with van der Waals surface area (Å²) >= 11 is 0. The maximum atomic E-state index is 12.8. The number of nitrogens with zero attached hydrogens (tertiary/aromatic N) is 2. The van der Waals surface area contributed by atoms with E-state index >= 15 is 0 Å². The van der Waals surface area contributed by atoms with Crippen molar-refractivity contribution in [3.63, 3.8) is 0 Å². The molecule has 0 fully saturated rings. The van der Waals surface area contributed by atoms with Crippen LogP contribution in [0.2, 0.25) is 0 Å². The van der Waals surface area contributed by atoms with Crippen LogP contribution in [0.25, 0.3) is 16.7 Å². The zero-order chi connectivity index (χ0) is 28.0. The molecule has 0 bridgehead atoms. The normalized spacial score (nSPS) is 17.3. The van der Waals surface area contributed by atoms with Gasteiger partial charge >= 0.3 is 35.7 Å². The van der Waals surface area contributed by atoms with E-state index in [1.54, 1.807) is 12.1 Å². The Balaban J connectivity index is 0.00000337. The molecule has 0 spiro atoms. The number of aliphatic carboxylic acids is 1. The largest absolute Gasteiger partial charge is 1.00 e. The number of benzene rings is 3. The van der Waals surface area contributed by atoms with Gasteiger partial charge in [-0.05, 0) is 30.7 Å². The quantitative estimate of drug-likeness (QED) is 0.320. The van der Waals surface area contributed by atoms with E-state index in [2.05, 4.69) is 10.3 Å². The molecule has 3 heterocycles. The summed E-state index contributed by atoms with van der Waals surface area (Å²) in [5, 5.41) is 14.5. The molecule has 0 saturated heterocycles. The Hall–Kier alpha value is -3.41. The third-order valence-electron chi connectivity index (χ3n) is 7.11. The number of ether oxygens (including phenoxy) is 3. The zero-order valence-electron chi connectivity index (χ0n) is 22.5. The molecule has 0 aliphatic carbocycles. The summed E-state index contributed by atoms with van der Waals surface area (Å²) in [6.07, 6.45) is -4.02. The average molecular weight is 576 g/mol. The van der Waals surface area contributed by atoms with Gasteiger partial charge in [-0.25, -0.2) is 4.98 Å². The number of carboxylic acids is 1. The van der Waals surface area contributed by atoms with Gasteiger partial charge in [0, 0.05) is 41.2 Å². The van der Waals surface area contributed by atoms with Gasteiger partial charge in [0.1, 0.15) is 35.2 Å². The number of fused-ring (bicyclic) bond motifs is 3. The number of hydrogen-bond acceptors (Lipinski definition) is 7. The van der Waals surface area contributed by atoms with Crippen molar-refractivity contribution in [1.29, 1.82) is 0 Å². The fourth-order valence-electron chi connectivity index (χ4n) is 5.37. The maximum absolute atomic E-state index is 12.8. The van der Waals surface area contributed by atoms with E-state index in [1.807, 2.05) is 47.9 Å².